The topological polar surface area (TPSA) is 492 Å². The molecule has 0 saturated carbocycles. The van der Waals surface area contributed by atoms with Crippen LogP contribution in [-0.2, 0) is 124 Å². The summed E-state index contributed by atoms with van der Waals surface area (Å²) in [6.45, 7) is 7.19. The maximum atomic E-state index is 12.8. The Morgan fingerprint density at radius 1 is 0.244 bits per heavy atom. The van der Waals surface area contributed by atoms with Gasteiger partial charge in [0.25, 0.3) is 33.4 Å². The van der Waals surface area contributed by atoms with Crippen molar-refractivity contribution in [3.63, 3.8) is 0 Å². The first-order valence-electron chi connectivity index (χ1n) is 53.2. The summed E-state index contributed by atoms with van der Waals surface area (Å²) in [6.07, 6.45) is -27.8. The summed E-state index contributed by atoms with van der Waals surface area (Å²) in [7, 11) is 13.8. The van der Waals surface area contributed by atoms with Crippen molar-refractivity contribution >= 4 is 67.0 Å². The zero-order valence-corrected chi connectivity index (χ0v) is 74.5. The SMILES string of the molecule is C.[2H]C(C)(O)C([2H])([2H])CCCn1c(=O)c2c(nc(C)n2C)n(C)c1=O.[2H]C([2H])(CCCn1c(=O)c2c(nc(C)n2C)n(C)c1=O)[C@@]([2H])(C)O.[2H]C([2H])(CCCn1c(=O)c2c(nc(C)n2C)n(C)c1=O)[C@]([2H])(C)O.[2H]C([2H])([2H])n1c(C)nc2c1c(=O)n(CCCC([2H])([2H])C([2H])(C)O)c(=O)n2C.[2H]C([2H])([2H])n1c(C)nc2c1c(=O)n(CCCC([2H])([2H])[C@@]([2H])(C)O)c(=O)n2C.[2H]C([2H])([2H])n1c(C)nc2c1c(=O)n(CCCC([2H])([2H])[C@]([2H])(C)O)c(=O)n2C. The molecule has 0 aliphatic rings. The summed E-state index contributed by atoms with van der Waals surface area (Å²) in [6, 6.07) is 0. The molecule has 2 unspecified atom stereocenters. The largest absolute Gasteiger partial charge is 0.393 e. The molecule has 0 aromatic carbocycles. The monoisotopic (exact) mass is 1810 g/mol. The van der Waals surface area contributed by atoms with E-state index >= 15 is 0 Å². The Morgan fingerprint density at radius 3 is 0.496 bits per heavy atom. The summed E-state index contributed by atoms with van der Waals surface area (Å²) in [5, 5.41) is 57.2. The average Bonchev–Trinajstić information content (AvgIpc) is 1.59. The molecule has 12 heterocycles. The first-order chi connectivity index (χ1) is 68.9. The Balaban J connectivity index is 0.000000281. The lowest BCUT2D eigenvalue weighted by Crippen LogP contribution is -2.39. The third kappa shape index (κ3) is 23.9. The molecule has 42 nitrogen and oxygen atoms in total. The van der Waals surface area contributed by atoms with Crippen LogP contribution in [0.25, 0.3) is 67.0 Å². The van der Waals surface area contributed by atoms with Crippen molar-refractivity contribution in [1.82, 2.24) is 112 Å². The van der Waals surface area contributed by atoms with Gasteiger partial charge >= 0.3 is 34.1 Å². The van der Waals surface area contributed by atoms with E-state index in [4.69, 9.17) is 37.0 Å². The number of rotatable bonds is 30. The minimum absolute atomic E-state index is 0. The van der Waals surface area contributed by atoms with Gasteiger partial charge in [0.15, 0.2) is 67.0 Å². The van der Waals surface area contributed by atoms with E-state index in [2.05, 4.69) is 29.9 Å². The van der Waals surface area contributed by atoms with Crippen molar-refractivity contribution in [3.05, 3.63) is 160 Å². The van der Waals surface area contributed by atoms with Gasteiger partial charge in [-0.1, -0.05) is 7.43 Å². The molecule has 127 heavy (non-hydrogen) atoms. The molecule has 0 amide bonds. The number of aliphatic hydroxyl groups is 6. The maximum absolute atomic E-state index is 12.8. The summed E-state index contributed by atoms with van der Waals surface area (Å²) in [5.41, 5.74) is -6.58. The van der Waals surface area contributed by atoms with Crippen molar-refractivity contribution in [1.29, 1.82) is 0 Å². The van der Waals surface area contributed by atoms with E-state index in [0.29, 0.717) is 51.0 Å². The van der Waals surface area contributed by atoms with Gasteiger partial charge < -0.3 is 58.0 Å². The molecule has 0 bridgehead atoms. The molecule has 12 aromatic rings. The number of hydrogen-bond acceptors (Lipinski definition) is 24. The minimum Gasteiger partial charge on any atom is -0.393 e. The molecular formula is C85H136N24O18. The van der Waals surface area contributed by atoms with Crippen molar-refractivity contribution < 1.29 is 67.6 Å². The fraction of sp³-hybridized carbons (Fsp3) is 0.647. The lowest BCUT2D eigenvalue weighted by Gasteiger charge is -2.09. The Morgan fingerprint density at radius 2 is 0.370 bits per heavy atom. The second kappa shape index (κ2) is 45.4. The van der Waals surface area contributed by atoms with Crippen LogP contribution in [0, 0.1) is 41.5 Å². The van der Waals surface area contributed by atoms with E-state index in [9.17, 15) is 88.2 Å². The summed E-state index contributed by atoms with van der Waals surface area (Å²) in [4.78, 5) is 175. The molecule has 12 rings (SSSR count). The fourth-order valence-corrected chi connectivity index (χ4v) is 13.2. The van der Waals surface area contributed by atoms with Gasteiger partial charge in [-0.05, 0) is 198 Å². The Bertz CT molecular complexity index is 7270. The summed E-state index contributed by atoms with van der Waals surface area (Å²) < 4.78 is 225. The number of imidazole rings is 6. The fourth-order valence-electron chi connectivity index (χ4n) is 13.2. The average molecular weight is 1810 g/mol. The van der Waals surface area contributed by atoms with Gasteiger partial charge in [0.2, 0.25) is 0 Å². The van der Waals surface area contributed by atoms with E-state index in [1.807, 2.05) is 0 Å². The highest BCUT2D eigenvalue weighted by Gasteiger charge is 2.24. The predicted octanol–water partition coefficient (Wildman–Crippen LogP) is 2.40. The van der Waals surface area contributed by atoms with Gasteiger partial charge in [-0.25, -0.2) is 58.7 Å². The molecule has 704 valence electrons. The molecule has 0 radical (unpaired) electrons. The smallest absolute Gasteiger partial charge is 0.332 e. The number of fused-ring (bicyclic) bond motifs is 6. The lowest BCUT2D eigenvalue weighted by molar-refractivity contribution is 0.179. The van der Waals surface area contributed by atoms with Crippen molar-refractivity contribution in [2.24, 2.45) is 84.4 Å². The van der Waals surface area contributed by atoms with Gasteiger partial charge in [-0.2, -0.15) is 0 Å². The molecule has 0 aliphatic heterocycles. The second-order valence-electron chi connectivity index (χ2n) is 29.7. The third-order valence-corrected chi connectivity index (χ3v) is 20.3. The number of nitrogens with zero attached hydrogens (tertiary/aromatic N) is 24. The van der Waals surface area contributed by atoms with E-state index in [-0.39, 0.29) is 175 Å². The predicted molar refractivity (Wildman–Crippen MR) is 490 cm³/mol. The van der Waals surface area contributed by atoms with E-state index in [0.717, 1.165) is 96.3 Å². The highest BCUT2D eigenvalue weighted by Crippen LogP contribution is 2.16. The van der Waals surface area contributed by atoms with Crippen LogP contribution in [0.4, 0.5) is 0 Å². The molecule has 6 N–H and O–H groups in total. The quantitative estimate of drug-likeness (QED) is 0.0376. The zero-order valence-electron chi connectivity index (χ0n) is 102. The standard InChI is InChI=1S/6C14H22N4O3.CH4/c6*1-9(19)7-5-6-8-18-13(20)11-12(17(4)14(18)21)15-10(2)16(11)3;/h6*9,19H,5-8H2,1-4H3;1H4/t4*9-;;;/m1100.../s1/i3D3,7D2,9D;7D2,9D;3D3,7D2,9D;7D2,9D;3D3,7D2,9D;7D2,9D;. The Labute approximate surface area is 771 Å². The van der Waals surface area contributed by atoms with Crippen molar-refractivity contribution in [3.8, 4) is 0 Å². The Hall–Kier alpha value is -11.3. The maximum Gasteiger partial charge on any atom is 0.332 e. The lowest BCUT2D eigenvalue weighted by atomic mass is 10.2. The summed E-state index contributed by atoms with van der Waals surface area (Å²) >= 11 is 0. The molecule has 0 aliphatic carbocycles. The van der Waals surface area contributed by atoms with E-state index in [1.165, 1.54) is 76.8 Å². The van der Waals surface area contributed by atoms with Crippen LogP contribution in [0.2, 0.25) is 0 Å². The van der Waals surface area contributed by atoms with Crippen LogP contribution < -0.4 is 67.5 Å². The first-order valence-corrected chi connectivity index (χ1v) is 39.7. The van der Waals surface area contributed by atoms with Gasteiger partial charge in [0.1, 0.15) is 34.9 Å². The zero-order chi connectivity index (χ0) is 118. The second-order valence-corrected chi connectivity index (χ2v) is 29.7. The molecule has 12 aromatic heterocycles. The van der Waals surface area contributed by atoms with Crippen LogP contribution in [0.3, 0.4) is 0 Å². The normalized spacial score (nSPS) is 18.5. The molecule has 6 atom stereocenters. The van der Waals surface area contributed by atoms with Gasteiger partial charge in [-0.15, -0.1) is 0 Å². The van der Waals surface area contributed by atoms with Gasteiger partial charge in [0, 0.05) is 152 Å². The van der Waals surface area contributed by atoms with E-state index < -0.39 is 163 Å². The van der Waals surface area contributed by atoms with Crippen LogP contribution >= 0.6 is 0 Å². The van der Waals surface area contributed by atoms with Crippen LogP contribution in [0.5, 0.6) is 0 Å². The van der Waals surface area contributed by atoms with E-state index in [1.54, 1.807) is 55.6 Å². The van der Waals surface area contributed by atoms with Crippen molar-refractivity contribution in [2.75, 3.05) is 0 Å². The number of aryl methyl sites for hydroxylation is 18. The molecular weight excluding hydrogens is 1650 g/mol. The van der Waals surface area contributed by atoms with Gasteiger partial charge in [-0.3, -0.25) is 83.6 Å². The number of aromatic nitrogens is 24. The molecule has 0 saturated heterocycles. The highest BCUT2D eigenvalue weighted by atomic mass is 16.3. The van der Waals surface area contributed by atoms with Crippen LogP contribution in [0.1, 0.15) is 236 Å². The molecule has 42 heteroatoms. The minimum atomic E-state index is -2.66. The van der Waals surface area contributed by atoms with Crippen LogP contribution in [-0.4, -0.2) is 179 Å². The third-order valence-electron chi connectivity index (χ3n) is 20.3. The Kier molecular flexibility index (Phi) is 24.9. The van der Waals surface area contributed by atoms with Gasteiger partial charge in [0.05, 0.1) is 44.7 Å². The highest BCUT2D eigenvalue weighted by molar-refractivity contribution is 5.74. The number of hydrogen-bond donors (Lipinski definition) is 6. The van der Waals surface area contributed by atoms with Crippen LogP contribution in [0.15, 0.2) is 57.5 Å². The first kappa shape index (κ1) is 69.7. The summed E-state index contributed by atoms with van der Waals surface area (Å²) in [5.74, 6) is 2.02. The molecule has 0 fully saturated rings. The molecule has 0 spiro atoms. The van der Waals surface area contributed by atoms with Crippen molar-refractivity contribution in [2.45, 2.75) is 282 Å².